The van der Waals surface area contributed by atoms with Gasteiger partial charge >= 0.3 is 0 Å². The van der Waals surface area contributed by atoms with Gasteiger partial charge in [-0.25, -0.2) is 0 Å². The van der Waals surface area contributed by atoms with Crippen LogP contribution in [0.1, 0.15) is 46.5 Å². The molecular weight excluding hydrogens is 328 g/mol. The monoisotopic (exact) mass is 350 g/mol. The predicted octanol–water partition coefficient (Wildman–Crippen LogP) is 3.64. The van der Waals surface area contributed by atoms with Gasteiger partial charge in [0, 0.05) is 5.69 Å². The van der Waals surface area contributed by atoms with Gasteiger partial charge in [0.2, 0.25) is 5.91 Å². The Morgan fingerprint density at radius 3 is 2.04 bits per heavy atom. The highest BCUT2D eigenvalue weighted by Gasteiger charge is 2.42. The van der Waals surface area contributed by atoms with Crippen LogP contribution in [0.2, 0.25) is 0 Å². The topological polar surface area (TPSA) is 66.5 Å². The Hall–Kier alpha value is -2.95. The van der Waals surface area contributed by atoms with Crippen molar-refractivity contribution in [2.45, 2.75) is 33.2 Å². The lowest BCUT2D eigenvalue weighted by Crippen LogP contribution is -2.48. The van der Waals surface area contributed by atoms with Crippen LogP contribution >= 0.6 is 0 Å². The van der Waals surface area contributed by atoms with E-state index in [1.807, 2.05) is 45.0 Å². The van der Waals surface area contributed by atoms with Crippen molar-refractivity contribution in [1.82, 2.24) is 4.90 Å². The summed E-state index contributed by atoms with van der Waals surface area (Å²) >= 11 is 0. The van der Waals surface area contributed by atoms with E-state index in [1.54, 1.807) is 24.3 Å². The number of nitrogens with zero attached hydrogens (tertiary/aromatic N) is 1. The van der Waals surface area contributed by atoms with Crippen LogP contribution in [0.5, 0.6) is 0 Å². The van der Waals surface area contributed by atoms with Crippen LogP contribution in [-0.4, -0.2) is 28.7 Å². The number of hydrogen-bond donors (Lipinski definition) is 1. The fourth-order valence-corrected chi connectivity index (χ4v) is 3.20. The predicted molar refractivity (Wildman–Crippen MR) is 100.0 cm³/mol. The van der Waals surface area contributed by atoms with Crippen molar-refractivity contribution in [2.24, 2.45) is 5.92 Å². The second kappa shape index (κ2) is 7.12. The lowest BCUT2D eigenvalue weighted by atomic mass is 10.0. The third-order valence-corrected chi connectivity index (χ3v) is 4.54. The third kappa shape index (κ3) is 3.25. The molecule has 0 fully saturated rings. The normalized spacial score (nSPS) is 14.5. The molecule has 0 radical (unpaired) electrons. The lowest BCUT2D eigenvalue weighted by Gasteiger charge is -2.27. The molecule has 2 aromatic carbocycles. The summed E-state index contributed by atoms with van der Waals surface area (Å²) in [6, 6.07) is 13.3. The van der Waals surface area contributed by atoms with Gasteiger partial charge in [-0.15, -0.1) is 0 Å². The SMILES string of the molecule is Cc1ccccc1NC(=O)[C@H](CC(C)C)N1C(=O)c2ccccc2C1=O. The smallest absolute Gasteiger partial charge is 0.262 e. The van der Waals surface area contributed by atoms with Gasteiger partial charge in [0.25, 0.3) is 11.8 Å². The number of imide groups is 1. The van der Waals surface area contributed by atoms with E-state index in [1.165, 1.54) is 0 Å². The molecule has 3 amide bonds. The molecule has 26 heavy (non-hydrogen) atoms. The van der Waals surface area contributed by atoms with Crippen LogP contribution in [0.4, 0.5) is 5.69 Å². The number of fused-ring (bicyclic) bond motifs is 1. The summed E-state index contributed by atoms with van der Waals surface area (Å²) in [7, 11) is 0. The van der Waals surface area contributed by atoms with Gasteiger partial charge in [0.1, 0.15) is 6.04 Å². The first kappa shape index (κ1) is 17.9. The molecule has 0 unspecified atom stereocenters. The molecular formula is C21H22N2O3. The van der Waals surface area contributed by atoms with Crippen LogP contribution < -0.4 is 5.32 Å². The fraction of sp³-hybridized carbons (Fsp3) is 0.286. The molecule has 1 aliphatic rings. The number of rotatable bonds is 5. The minimum atomic E-state index is -0.845. The molecule has 1 atom stereocenters. The number of nitrogens with one attached hydrogen (secondary N) is 1. The molecule has 0 aliphatic carbocycles. The molecule has 1 N–H and O–H groups in total. The molecule has 2 aromatic rings. The van der Waals surface area contributed by atoms with Gasteiger partial charge in [0.15, 0.2) is 0 Å². The second-order valence-corrected chi connectivity index (χ2v) is 6.98. The number of para-hydroxylation sites is 1. The van der Waals surface area contributed by atoms with Crippen molar-refractivity contribution < 1.29 is 14.4 Å². The summed E-state index contributed by atoms with van der Waals surface area (Å²) in [6.45, 7) is 5.83. The van der Waals surface area contributed by atoms with E-state index >= 15 is 0 Å². The van der Waals surface area contributed by atoms with Crippen LogP contribution in [0.25, 0.3) is 0 Å². The third-order valence-electron chi connectivity index (χ3n) is 4.54. The van der Waals surface area contributed by atoms with E-state index in [0.29, 0.717) is 23.2 Å². The number of aryl methyl sites for hydroxylation is 1. The first-order valence-corrected chi connectivity index (χ1v) is 8.73. The summed E-state index contributed by atoms with van der Waals surface area (Å²) in [4.78, 5) is 39.6. The first-order chi connectivity index (χ1) is 12.4. The highest BCUT2D eigenvalue weighted by Crippen LogP contribution is 2.27. The Balaban J connectivity index is 1.92. The molecule has 0 aromatic heterocycles. The number of carbonyl (C=O) groups is 3. The quantitative estimate of drug-likeness (QED) is 0.837. The zero-order valence-corrected chi connectivity index (χ0v) is 15.2. The summed E-state index contributed by atoms with van der Waals surface area (Å²) in [5.41, 5.74) is 2.32. The Labute approximate surface area is 153 Å². The maximum Gasteiger partial charge on any atom is 0.262 e. The molecule has 1 heterocycles. The number of anilines is 1. The second-order valence-electron chi connectivity index (χ2n) is 6.98. The Morgan fingerprint density at radius 2 is 1.50 bits per heavy atom. The number of hydrogen-bond acceptors (Lipinski definition) is 3. The van der Waals surface area contributed by atoms with Crippen LogP contribution in [0.3, 0.4) is 0 Å². The maximum atomic E-state index is 13.0. The van der Waals surface area contributed by atoms with E-state index in [9.17, 15) is 14.4 Å². The Kier molecular flexibility index (Phi) is 4.89. The summed E-state index contributed by atoms with van der Waals surface area (Å²) in [6.07, 6.45) is 0.406. The van der Waals surface area contributed by atoms with Crippen molar-refractivity contribution in [2.75, 3.05) is 5.32 Å². The van der Waals surface area contributed by atoms with Crippen LogP contribution in [0, 0.1) is 12.8 Å². The molecule has 0 saturated carbocycles. The lowest BCUT2D eigenvalue weighted by molar-refractivity contribution is -0.120. The van der Waals surface area contributed by atoms with Gasteiger partial charge in [-0.3, -0.25) is 19.3 Å². The van der Waals surface area contributed by atoms with Gasteiger partial charge < -0.3 is 5.32 Å². The molecule has 3 rings (SSSR count). The van der Waals surface area contributed by atoms with E-state index in [0.717, 1.165) is 10.5 Å². The van der Waals surface area contributed by atoms with Crippen LogP contribution in [-0.2, 0) is 4.79 Å². The zero-order chi connectivity index (χ0) is 18.8. The van der Waals surface area contributed by atoms with E-state index in [-0.39, 0.29) is 11.8 Å². The van der Waals surface area contributed by atoms with Crippen molar-refractivity contribution in [3.63, 3.8) is 0 Å². The van der Waals surface area contributed by atoms with E-state index in [2.05, 4.69) is 5.32 Å². The van der Waals surface area contributed by atoms with Crippen molar-refractivity contribution in [1.29, 1.82) is 0 Å². The average Bonchev–Trinajstić information content (AvgIpc) is 2.86. The standard InChI is InChI=1S/C21H22N2O3/c1-13(2)12-18(19(24)22-17-11-7-4-8-14(17)3)23-20(25)15-9-5-6-10-16(15)21(23)26/h4-11,13,18H,12H2,1-3H3,(H,22,24)/t18-/m0/s1. The van der Waals surface area contributed by atoms with Crippen molar-refractivity contribution in [3.05, 3.63) is 65.2 Å². The maximum absolute atomic E-state index is 13.0. The van der Waals surface area contributed by atoms with E-state index in [4.69, 9.17) is 0 Å². The molecule has 5 nitrogen and oxygen atoms in total. The molecule has 0 bridgehead atoms. The average molecular weight is 350 g/mol. The van der Waals surface area contributed by atoms with Crippen LogP contribution in [0.15, 0.2) is 48.5 Å². The molecule has 0 saturated heterocycles. The van der Waals surface area contributed by atoms with E-state index < -0.39 is 17.9 Å². The number of benzene rings is 2. The van der Waals surface area contributed by atoms with Crippen molar-refractivity contribution >= 4 is 23.4 Å². The zero-order valence-electron chi connectivity index (χ0n) is 15.2. The Bertz CT molecular complexity index is 838. The highest BCUT2D eigenvalue weighted by molar-refractivity contribution is 6.23. The first-order valence-electron chi connectivity index (χ1n) is 8.73. The van der Waals surface area contributed by atoms with Gasteiger partial charge in [0.05, 0.1) is 11.1 Å². The van der Waals surface area contributed by atoms with Crippen molar-refractivity contribution in [3.8, 4) is 0 Å². The number of amides is 3. The molecule has 134 valence electrons. The minimum absolute atomic E-state index is 0.145. The van der Waals surface area contributed by atoms with Gasteiger partial charge in [-0.2, -0.15) is 0 Å². The minimum Gasteiger partial charge on any atom is -0.324 e. The highest BCUT2D eigenvalue weighted by atomic mass is 16.2. The van der Waals surface area contributed by atoms with Gasteiger partial charge in [-0.05, 0) is 43.0 Å². The fourth-order valence-electron chi connectivity index (χ4n) is 3.20. The Morgan fingerprint density at radius 1 is 0.962 bits per heavy atom. The molecule has 0 spiro atoms. The summed E-state index contributed by atoms with van der Waals surface area (Å²) < 4.78 is 0. The molecule has 1 aliphatic heterocycles. The summed E-state index contributed by atoms with van der Waals surface area (Å²) in [5.74, 6) is -1.01. The molecule has 5 heteroatoms. The number of carbonyl (C=O) groups excluding carboxylic acids is 3. The van der Waals surface area contributed by atoms with Gasteiger partial charge in [-0.1, -0.05) is 44.2 Å². The largest absolute Gasteiger partial charge is 0.324 e. The summed E-state index contributed by atoms with van der Waals surface area (Å²) in [5, 5.41) is 2.88.